The van der Waals surface area contributed by atoms with E-state index in [1.165, 1.54) is 52.0 Å². The Morgan fingerprint density at radius 3 is 2.56 bits per heavy atom. The van der Waals surface area contributed by atoms with E-state index in [9.17, 15) is 0 Å². The summed E-state index contributed by atoms with van der Waals surface area (Å²) in [6.45, 7) is 16.3. The number of likely N-dealkylation sites (N-methyl/N-ethyl adjacent to an activating group) is 2. The zero-order valence-corrected chi connectivity index (χ0v) is 12.9. The first-order valence-electron chi connectivity index (χ1n) is 7.92. The Morgan fingerprint density at radius 1 is 1.22 bits per heavy atom. The molecule has 0 aromatic carbocycles. The second-order valence-electron chi connectivity index (χ2n) is 5.47. The molecule has 3 nitrogen and oxygen atoms in total. The van der Waals surface area contributed by atoms with Crippen molar-refractivity contribution in [2.75, 3.05) is 39.3 Å². The summed E-state index contributed by atoms with van der Waals surface area (Å²) in [5.74, 6) is 0. The van der Waals surface area contributed by atoms with Crippen molar-refractivity contribution in [1.29, 1.82) is 0 Å². The Morgan fingerprint density at radius 2 is 1.94 bits per heavy atom. The molecule has 0 aliphatic carbocycles. The SMILES string of the molecule is CCNC(C)C1CCCCN1CCN(CC)CC. The third kappa shape index (κ3) is 4.87. The Labute approximate surface area is 114 Å². The van der Waals surface area contributed by atoms with Gasteiger partial charge in [0.05, 0.1) is 0 Å². The van der Waals surface area contributed by atoms with E-state index in [4.69, 9.17) is 0 Å². The molecule has 0 spiro atoms. The van der Waals surface area contributed by atoms with Crippen molar-refractivity contribution in [2.24, 2.45) is 0 Å². The molecule has 18 heavy (non-hydrogen) atoms. The van der Waals surface area contributed by atoms with Crippen LogP contribution in [0, 0.1) is 0 Å². The number of nitrogens with one attached hydrogen (secondary N) is 1. The van der Waals surface area contributed by atoms with Gasteiger partial charge in [0.15, 0.2) is 0 Å². The predicted molar refractivity (Wildman–Crippen MR) is 80.1 cm³/mol. The summed E-state index contributed by atoms with van der Waals surface area (Å²) in [7, 11) is 0. The maximum atomic E-state index is 3.61. The van der Waals surface area contributed by atoms with E-state index in [1.54, 1.807) is 0 Å². The molecule has 3 heteroatoms. The van der Waals surface area contributed by atoms with Crippen molar-refractivity contribution in [1.82, 2.24) is 15.1 Å². The summed E-state index contributed by atoms with van der Waals surface area (Å²) in [5, 5.41) is 3.61. The Bertz CT molecular complexity index is 204. The van der Waals surface area contributed by atoms with Gasteiger partial charge < -0.3 is 10.2 Å². The van der Waals surface area contributed by atoms with E-state index in [-0.39, 0.29) is 0 Å². The number of hydrogen-bond acceptors (Lipinski definition) is 3. The highest BCUT2D eigenvalue weighted by Crippen LogP contribution is 2.19. The van der Waals surface area contributed by atoms with E-state index >= 15 is 0 Å². The third-order valence-electron chi connectivity index (χ3n) is 4.37. The minimum atomic E-state index is 0.631. The van der Waals surface area contributed by atoms with Crippen LogP contribution >= 0.6 is 0 Å². The highest BCUT2D eigenvalue weighted by atomic mass is 15.2. The summed E-state index contributed by atoms with van der Waals surface area (Å²) in [5.41, 5.74) is 0. The largest absolute Gasteiger partial charge is 0.313 e. The van der Waals surface area contributed by atoms with Gasteiger partial charge in [0, 0.05) is 25.2 Å². The van der Waals surface area contributed by atoms with E-state index in [0.29, 0.717) is 6.04 Å². The maximum absolute atomic E-state index is 3.61. The van der Waals surface area contributed by atoms with E-state index in [1.807, 2.05) is 0 Å². The van der Waals surface area contributed by atoms with Crippen molar-refractivity contribution < 1.29 is 0 Å². The van der Waals surface area contributed by atoms with E-state index in [0.717, 1.165) is 12.6 Å². The van der Waals surface area contributed by atoms with Gasteiger partial charge in [-0.2, -0.15) is 0 Å². The molecule has 0 bridgehead atoms. The van der Waals surface area contributed by atoms with Gasteiger partial charge in [-0.15, -0.1) is 0 Å². The van der Waals surface area contributed by atoms with Crippen LogP contribution in [0.15, 0.2) is 0 Å². The Hall–Kier alpha value is -0.120. The molecule has 1 fully saturated rings. The van der Waals surface area contributed by atoms with Gasteiger partial charge in [-0.05, 0) is 45.9 Å². The summed E-state index contributed by atoms with van der Waals surface area (Å²) in [4.78, 5) is 5.25. The van der Waals surface area contributed by atoms with E-state index in [2.05, 4.69) is 42.8 Å². The van der Waals surface area contributed by atoms with Crippen molar-refractivity contribution >= 4 is 0 Å². The van der Waals surface area contributed by atoms with Crippen LogP contribution in [0.4, 0.5) is 0 Å². The molecular formula is C15H33N3. The Kier molecular flexibility index (Phi) is 7.87. The van der Waals surface area contributed by atoms with Crippen molar-refractivity contribution in [3.63, 3.8) is 0 Å². The van der Waals surface area contributed by atoms with Crippen molar-refractivity contribution in [3.05, 3.63) is 0 Å². The average molecular weight is 255 g/mol. The molecule has 0 amide bonds. The fourth-order valence-electron chi connectivity index (χ4n) is 3.13. The van der Waals surface area contributed by atoms with Gasteiger partial charge >= 0.3 is 0 Å². The van der Waals surface area contributed by atoms with Gasteiger partial charge in [-0.25, -0.2) is 0 Å². The fourth-order valence-corrected chi connectivity index (χ4v) is 3.13. The Balaban J connectivity index is 2.43. The predicted octanol–water partition coefficient (Wildman–Crippen LogP) is 2.18. The molecule has 1 rings (SSSR count). The van der Waals surface area contributed by atoms with Gasteiger partial charge in [-0.1, -0.05) is 27.2 Å². The van der Waals surface area contributed by atoms with Gasteiger partial charge in [-0.3, -0.25) is 4.90 Å². The molecule has 2 unspecified atom stereocenters. The van der Waals surface area contributed by atoms with Crippen molar-refractivity contribution in [3.8, 4) is 0 Å². The second-order valence-corrected chi connectivity index (χ2v) is 5.47. The summed E-state index contributed by atoms with van der Waals surface area (Å²) in [6, 6.07) is 1.38. The molecular weight excluding hydrogens is 222 g/mol. The zero-order valence-electron chi connectivity index (χ0n) is 12.9. The van der Waals surface area contributed by atoms with Crippen LogP contribution in [0.25, 0.3) is 0 Å². The third-order valence-corrected chi connectivity index (χ3v) is 4.37. The smallest absolute Gasteiger partial charge is 0.0247 e. The number of piperidine rings is 1. The monoisotopic (exact) mass is 255 g/mol. The number of likely N-dealkylation sites (tertiary alicyclic amines) is 1. The van der Waals surface area contributed by atoms with Crippen molar-refractivity contribution in [2.45, 2.75) is 59.0 Å². The van der Waals surface area contributed by atoms with Crippen LogP contribution in [0.5, 0.6) is 0 Å². The average Bonchev–Trinajstić information content (AvgIpc) is 2.40. The molecule has 108 valence electrons. The van der Waals surface area contributed by atoms with Crippen LogP contribution in [0.3, 0.4) is 0 Å². The quantitative estimate of drug-likeness (QED) is 0.717. The lowest BCUT2D eigenvalue weighted by atomic mass is 9.96. The second kappa shape index (κ2) is 8.89. The molecule has 0 saturated carbocycles. The molecule has 1 saturated heterocycles. The van der Waals surface area contributed by atoms with Crippen LogP contribution < -0.4 is 5.32 Å². The topological polar surface area (TPSA) is 18.5 Å². The first-order chi connectivity index (χ1) is 8.72. The number of nitrogens with zero attached hydrogens (tertiary/aromatic N) is 2. The maximum Gasteiger partial charge on any atom is 0.0247 e. The minimum Gasteiger partial charge on any atom is -0.313 e. The number of hydrogen-bond donors (Lipinski definition) is 1. The lowest BCUT2D eigenvalue weighted by Gasteiger charge is -2.40. The zero-order chi connectivity index (χ0) is 13.4. The molecule has 1 aliphatic rings. The van der Waals surface area contributed by atoms with Crippen LogP contribution in [-0.2, 0) is 0 Å². The van der Waals surface area contributed by atoms with E-state index < -0.39 is 0 Å². The summed E-state index contributed by atoms with van der Waals surface area (Å²) >= 11 is 0. The minimum absolute atomic E-state index is 0.631. The van der Waals surface area contributed by atoms with Gasteiger partial charge in [0.2, 0.25) is 0 Å². The standard InChI is InChI=1S/C15H33N3/c1-5-16-14(4)15-10-8-9-11-18(15)13-12-17(6-2)7-3/h14-16H,5-13H2,1-4H3. The fraction of sp³-hybridized carbons (Fsp3) is 1.00. The molecule has 0 aromatic heterocycles. The van der Waals surface area contributed by atoms with Crippen LogP contribution in [0.1, 0.15) is 47.0 Å². The highest BCUT2D eigenvalue weighted by Gasteiger charge is 2.26. The first kappa shape index (κ1) is 15.9. The molecule has 2 atom stereocenters. The lowest BCUT2D eigenvalue weighted by molar-refractivity contribution is 0.105. The molecule has 0 radical (unpaired) electrons. The molecule has 1 heterocycles. The lowest BCUT2D eigenvalue weighted by Crippen LogP contribution is -2.52. The summed E-state index contributed by atoms with van der Waals surface area (Å²) < 4.78 is 0. The van der Waals surface area contributed by atoms with Gasteiger partial charge in [0.1, 0.15) is 0 Å². The summed E-state index contributed by atoms with van der Waals surface area (Å²) in [6.07, 6.45) is 4.15. The normalized spacial score (nSPS) is 23.5. The first-order valence-corrected chi connectivity index (χ1v) is 7.92. The molecule has 1 N–H and O–H groups in total. The highest BCUT2D eigenvalue weighted by molar-refractivity contribution is 4.85. The molecule has 1 aliphatic heterocycles. The van der Waals surface area contributed by atoms with Crippen LogP contribution in [0.2, 0.25) is 0 Å². The number of rotatable bonds is 8. The van der Waals surface area contributed by atoms with Gasteiger partial charge in [0.25, 0.3) is 0 Å². The van der Waals surface area contributed by atoms with Crippen LogP contribution in [-0.4, -0.2) is 61.2 Å². The molecule has 0 aromatic rings.